The van der Waals surface area contributed by atoms with Crippen LogP contribution in [0.25, 0.3) is 0 Å². The number of sulfonamides is 1. The Balaban J connectivity index is 2.93. The first-order valence-electron chi connectivity index (χ1n) is 6.73. The molecule has 7 nitrogen and oxygen atoms in total. The summed E-state index contributed by atoms with van der Waals surface area (Å²) in [5.74, 6) is -1.48. The Kier molecular flexibility index (Phi) is 6.07. The van der Waals surface area contributed by atoms with Gasteiger partial charge in [0.1, 0.15) is 0 Å². The number of aliphatic carboxylic acids is 1. The Hall–Kier alpha value is -1.93. The number of hydrogen-bond donors (Lipinski definition) is 3. The van der Waals surface area contributed by atoms with Gasteiger partial charge in [-0.2, -0.15) is 0 Å². The van der Waals surface area contributed by atoms with Gasteiger partial charge in [0.25, 0.3) is 0 Å². The smallest absolute Gasteiger partial charge is 0.304 e. The normalized spacial score (nSPS) is 12.9. The average Bonchev–Trinajstić information content (AvgIpc) is 2.36. The number of amides is 1. The van der Waals surface area contributed by atoms with Gasteiger partial charge < -0.3 is 10.4 Å². The van der Waals surface area contributed by atoms with Crippen LogP contribution in [-0.2, 0) is 19.6 Å². The zero-order valence-electron chi connectivity index (χ0n) is 12.7. The van der Waals surface area contributed by atoms with E-state index in [0.717, 1.165) is 0 Å². The van der Waals surface area contributed by atoms with E-state index in [1.54, 1.807) is 13.8 Å². The molecule has 0 aliphatic heterocycles. The van der Waals surface area contributed by atoms with Gasteiger partial charge in [-0.3, -0.25) is 9.59 Å². The molecule has 0 saturated carbocycles. The predicted octanol–water partition coefficient (Wildman–Crippen LogP) is 1.42. The molecule has 0 bridgehead atoms. The Morgan fingerprint density at radius 1 is 1.18 bits per heavy atom. The van der Waals surface area contributed by atoms with E-state index in [1.807, 2.05) is 0 Å². The van der Waals surface area contributed by atoms with Gasteiger partial charge in [0, 0.05) is 18.7 Å². The molecule has 0 spiro atoms. The summed E-state index contributed by atoms with van der Waals surface area (Å²) in [6.45, 7) is 4.84. The van der Waals surface area contributed by atoms with Gasteiger partial charge in [-0.25, -0.2) is 13.1 Å². The molecule has 122 valence electrons. The lowest BCUT2D eigenvalue weighted by atomic mass is 10.0. The van der Waals surface area contributed by atoms with Crippen molar-refractivity contribution >= 4 is 27.6 Å². The van der Waals surface area contributed by atoms with Crippen LogP contribution in [0.15, 0.2) is 29.2 Å². The van der Waals surface area contributed by atoms with Crippen LogP contribution in [0, 0.1) is 5.92 Å². The number of carbonyl (C=O) groups is 2. The number of nitrogens with one attached hydrogen (secondary N) is 2. The fourth-order valence-electron chi connectivity index (χ4n) is 1.79. The second-order valence-corrected chi connectivity index (χ2v) is 6.99. The van der Waals surface area contributed by atoms with Crippen LogP contribution in [0.5, 0.6) is 0 Å². The van der Waals surface area contributed by atoms with E-state index in [-0.39, 0.29) is 23.1 Å². The summed E-state index contributed by atoms with van der Waals surface area (Å²) in [5, 5.41) is 11.4. The molecule has 0 aliphatic rings. The van der Waals surface area contributed by atoms with Gasteiger partial charge in [-0.15, -0.1) is 0 Å². The topological polar surface area (TPSA) is 113 Å². The summed E-state index contributed by atoms with van der Waals surface area (Å²) in [7, 11) is -3.82. The fraction of sp³-hybridized carbons (Fsp3) is 0.429. The first-order valence-corrected chi connectivity index (χ1v) is 8.22. The van der Waals surface area contributed by atoms with Crippen molar-refractivity contribution < 1.29 is 23.1 Å². The lowest BCUT2D eigenvalue weighted by Gasteiger charge is -2.20. The molecular formula is C14H20N2O5S. The van der Waals surface area contributed by atoms with Crippen molar-refractivity contribution in [2.24, 2.45) is 5.92 Å². The molecule has 0 aliphatic carbocycles. The molecule has 1 atom stereocenters. The second-order valence-electron chi connectivity index (χ2n) is 5.28. The summed E-state index contributed by atoms with van der Waals surface area (Å²) in [4.78, 5) is 21.7. The standard InChI is InChI=1S/C14H20N2O5S/c1-9(2)13(8-14(18)19)16-22(20,21)12-6-4-11(5-7-12)15-10(3)17/h4-7,9,13,16H,8H2,1-3H3,(H,15,17)(H,18,19). The lowest BCUT2D eigenvalue weighted by Crippen LogP contribution is -2.40. The Morgan fingerprint density at radius 2 is 1.73 bits per heavy atom. The van der Waals surface area contributed by atoms with Crippen molar-refractivity contribution in [3.8, 4) is 0 Å². The molecule has 1 amide bonds. The second kappa shape index (κ2) is 7.37. The van der Waals surface area contributed by atoms with E-state index >= 15 is 0 Å². The minimum Gasteiger partial charge on any atom is -0.481 e. The highest BCUT2D eigenvalue weighted by atomic mass is 32.2. The third-order valence-electron chi connectivity index (χ3n) is 2.99. The predicted molar refractivity (Wildman–Crippen MR) is 81.9 cm³/mol. The maximum Gasteiger partial charge on any atom is 0.304 e. The molecule has 1 rings (SSSR count). The quantitative estimate of drug-likeness (QED) is 0.701. The Morgan fingerprint density at radius 3 is 2.14 bits per heavy atom. The molecule has 0 aromatic heterocycles. The third kappa shape index (κ3) is 5.45. The van der Waals surface area contributed by atoms with Crippen LogP contribution in [0.3, 0.4) is 0 Å². The Bertz CT molecular complexity index is 638. The zero-order valence-corrected chi connectivity index (χ0v) is 13.5. The van der Waals surface area contributed by atoms with E-state index in [1.165, 1.54) is 31.2 Å². The maximum atomic E-state index is 12.3. The third-order valence-corrected chi connectivity index (χ3v) is 4.50. The minimum absolute atomic E-state index is 0.0117. The van der Waals surface area contributed by atoms with E-state index in [4.69, 9.17) is 5.11 Å². The van der Waals surface area contributed by atoms with E-state index < -0.39 is 22.0 Å². The van der Waals surface area contributed by atoms with E-state index in [2.05, 4.69) is 10.0 Å². The molecular weight excluding hydrogens is 308 g/mol. The molecule has 3 N–H and O–H groups in total. The number of carbonyl (C=O) groups excluding carboxylic acids is 1. The van der Waals surface area contributed by atoms with Crippen LogP contribution in [-0.4, -0.2) is 31.4 Å². The van der Waals surface area contributed by atoms with Crippen molar-refractivity contribution in [3.63, 3.8) is 0 Å². The van der Waals surface area contributed by atoms with Crippen LogP contribution in [0.2, 0.25) is 0 Å². The highest BCUT2D eigenvalue weighted by molar-refractivity contribution is 7.89. The molecule has 8 heteroatoms. The highest BCUT2D eigenvalue weighted by Crippen LogP contribution is 2.16. The largest absolute Gasteiger partial charge is 0.481 e. The Labute approximate surface area is 129 Å². The van der Waals surface area contributed by atoms with Crippen LogP contribution < -0.4 is 10.0 Å². The monoisotopic (exact) mass is 328 g/mol. The van der Waals surface area contributed by atoms with Crippen molar-refractivity contribution in [2.45, 2.75) is 38.1 Å². The molecule has 0 saturated heterocycles. The number of carboxylic acids is 1. The fourth-order valence-corrected chi connectivity index (χ4v) is 3.17. The van der Waals surface area contributed by atoms with Crippen LogP contribution >= 0.6 is 0 Å². The number of rotatable bonds is 7. The SMILES string of the molecule is CC(=O)Nc1ccc(S(=O)(=O)NC(CC(=O)O)C(C)C)cc1. The van der Waals surface area contributed by atoms with Crippen molar-refractivity contribution in [1.82, 2.24) is 4.72 Å². The number of benzene rings is 1. The molecule has 22 heavy (non-hydrogen) atoms. The van der Waals surface area contributed by atoms with Crippen molar-refractivity contribution in [3.05, 3.63) is 24.3 Å². The summed E-state index contributed by atoms with van der Waals surface area (Å²) >= 11 is 0. The summed E-state index contributed by atoms with van der Waals surface area (Å²) in [6, 6.07) is 4.95. The number of hydrogen-bond acceptors (Lipinski definition) is 4. The first kappa shape index (κ1) is 18.1. The lowest BCUT2D eigenvalue weighted by molar-refractivity contribution is -0.137. The van der Waals surface area contributed by atoms with Gasteiger partial charge in [0.15, 0.2) is 0 Å². The molecule has 0 radical (unpaired) electrons. The van der Waals surface area contributed by atoms with Gasteiger partial charge >= 0.3 is 5.97 Å². The van der Waals surface area contributed by atoms with Gasteiger partial charge in [-0.1, -0.05) is 13.8 Å². The number of carboxylic acid groups (broad SMARTS) is 1. The van der Waals surface area contributed by atoms with Gasteiger partial charge in [0.2, 0.25) is 15.9 Å². The zero-order chi connectivity index (χ0) is 16.9. The molecule has 1 aromatic carbocycles. The summed E-state index contributed by atoms with van der Waals surface area (Å²) in [6.07, 6.45) is -0.291. The van der Waals surface area contributed by atoms with Crippen molar-refractivity contribution in [2.75, 3.05) is 5.32 Å². The van der Waals surface area contributed by atoms with Crippen molar-refractivity contribution in [1.29, 1.82) is 0 Å². The van der Waals surface area contributed by atoms with Gasteiger partial charge in [-0.05, 0) is 30.2 Å². The maximum absolute atomic E-state index is 12.3. The summed E-state index contributed by atoms with van der Waals surface area (Å²) < 4.78 is 26.9. The first-order chi connectivity index (χ1) is 10.1. The number of anilines is 1. The minimum atomic E-state index is -3.82. The van der Waals surface area contributed by atoms with Gasteiger partial charge in [0.05, 0.1) is 11.3 Å². The molecule has 1 unspecified atom stereocenters. The molecule has 0 fully saturated rings. The van der Waals surface area contributed by atoms with E-state index in [9.17, 15) is 18.0 Å². The van der Waals surface area contributed by atoms with Crippen LogP contribution in [0.1, 0.15) is 27.2 Å². The average molecular weight is 328 g/mol. The van der Waals surface area contributed by atoms with E-state index in [0.29, 0.717) is 5.69 Å². The molecule has 1 aromatic rings. The van der Waals surface area contributed by atoms with Crippen LogP contribution in [0.4, 0.5) is 5.69 Å². The highest BCUT2D eigenvalue weighted by Gasteiger charge is 2.24. The molecule has 0 heterocycles. The summed E-state index contributed by atoms with van der Waals surface area (Å²) in [5.41, 5.74) is 0.484.